The summed E-state index contributed by atoms with van der Waals surface area (Å²) in [6.45, 7) is 8.70. The van der Waals surface area contributed by atoms with Gasteiger partial charge in [0.25, 0.3) is 5.69 Å². The monoisotopic (exact) mass is 868 g/mol. The largest absolute Gasteiger partial charge is 0.459 e. The van der Waals surface area contributed by atoms with E-state index >= 15 is 0 Å². The summed E-state index contributed by atoms with van der Waals surface area (Å²) in [5.74, 6) is -1.69. The Kier molecular flexibility index (Phi) is 16.7. The van der Waals surface area contributed by atoms with E-state index in [-0.39, 0.29) is 62.9 Å². The van der Waals surface area contributed by atoms with Gasteiger partial charge < -0.3 is 39.3 Å². The molecule has 63 heavy (non-hydrogen) atoms. The SMILES string of the molecule is C=CCO[C@@]12Oc3ccc(OC(=O)NCC)cc3[C@H]3[C@H](CCCCO)[C@@H](CCCCO)C=C(C(=NOCc4ccc([N+](=O)[O-])cc4)C[C@@H]1N(CCC)C(=O)OCc1ccccc1)[C@H]32. The molecule has 0 saturated heterocycles. The van der Waals surface area contributed by atoms with E-state index in [1.54, 1.807) is 35.2 Å². The first-order valence-electron chi connectivity index (χ1n) is 22.0. The van der Waals surface area contributed by atoms with Crippen LogP contribution in [0.4, 0.5) is 15.3 Å². The maximum Gasteiger partial charge on any atom is 0.412 e. The van der Waals surface area contributed by atoms with E-state index in [4.69, 9.17) is 28.9 Å². The van der Waals surface area contributed by atoms with Crippen LogP contribution in [0, 0.1) is 27.9 Å². The van der Waals surface area contributed by atoms with Crippen LogP contribution in [0.15, 0.2) is 102 Å². The summed E-state index contributed by atoms with van der Waals surface area (Å²) in [5.41, 5.74) is 3.67. The molecule has 6 rings (SSSR count). The van der Waals surface area contributed by atoms with Crippen molar-refractivity contribution in [3.63, 3.8) is 0 Å². The van der Waals surface area contributed by atoms with Gasteiger partial charge in [0.1, 0.15) is 30.8 Å². The van der Waals surface area contributed by atoms with Crippen LogP contribution in [0.3, 0.4) is 0 Å². The number of carbonyl (C=O) groups excluding carboxylic acids is 2. The van der Waals surface area contributed by atoms with Crippen molar-refractivity contribution in [1.82, 2.24) is 10.2 Å². The number of unbranched alkanes of at least 4 members (excludes halogenated alkanes) is 2. The Morgan fingerprint density at radius 3 is 2.41 bits per heavy atom. The minimum atomic E-state index is -1.51. The molecule has 0 radical (unpaired) electrons. The number of non-ortho nitro benzene ring substituents is 1. The number of amides is 2. The van der Waals surface area contributed by atoms with Gasteiger partial charge in [-0.3, -0.25) is 15.0 Å². The predicted octanol–water partition coefficient (Wildman–Crippen LogP) is 8.59. The molecule has 2 amide bonds. The molecular formula is C48H60N4O11. The summed E-state index contributed by atoms with van der Waals surface area (Å²) >= 11 is 0. The average molecular weight is 869 g/mol. The van der Waals surface area contributed by atoms with Crippen LogP contribution < -0.4 is 14.8 Å². The lowest BCUT2D eigenvalue weighted by atomic mass is 9.55. The Morgan fingerprint density at radius 1 is 1.00 bits per heavy atom. The molecule has 0 aromatic heterocycles. The molecule has 6 atom stereocenters. The number of aliphatic hydroxyl groups is 2. The molecule has 1 heterocycles. The fourth-order valence-corrected chi connectivity index (χ4v) is 9.32. The fourth-order valence-electron chi connectivity index (χ4n) is 9.32. The molecular weight excluding hydrogens is 809 g/mol. The lowest BCUT2D eigenvalue weighted by Gasteiger charge is -2.59. The minimum absolute atomic E-state index is 0.0208. The summed E-state index contributed by atoms with van der Waals surface area (Å²) in [4.78, 5) is 46.0. The van der Waals surface area contributed by atoms with Gasteiger partial charge in [0.15, 0.2) is 0 Å². The van der Waals surface area contributed by atoms with Crippen molar-refractivity contribution in [3.8, 4) is 11.5 Å². The van der Waals surface area contributed by atoms with Gasteiger partial charge in [-0.05, 0) is 97.9 Å². The first-order valence-corrected chi connectivity index (χ1v) is 22.0. The first kappa shape index (κ1) is 46.7. The van der Waals surface area contributed by atoms with Crippen molar-refractivity contribution < 1.29 is 48.5 Å². The molecule has 3 N–H and O–H groups in total. The zero-order chi connectivity index (χ0) is 44.8. The minimum Gasteiger partial charge on any atom is -0.459 e. The van der Waals surface area contributed by atoms with E-state index in [1.807, 2.05) is 50.2 Å². The summed E-state index contributed by atoms with van der Waals surface area (Å²) in [6, 6.07) is 20.0. The maximum atomic E-state index is 14.5. The van der Waals surface area contributed by atoms with Gasteiger partial charge in [-0.2, -0.15) is 0 Å². The van der Waals surface area contributed by atoms with E-state index < -0.39 is 34.9 Å². The number of nitrogens with one attached hydrogen (secondary N) is 1. The Labute approximate surface area is 368 Å². The molecule has 0 unspecified atom stereocenters. The number of nitrogens with zero attached hydrogens (tertiary/aromatic N) is 3. The van der Waals surface area contributed by atoms with E-state index in [0.29, 0.717) is 55.1 Å². The number of oxime groups is 1. The van der Waals surface area contributed by atoms with Crippen LogP contribution in [-0.2, 0) is 27.5 Å². The zero-order valence-electron chi connectivity index (χ0n) is 36.2. The number of nitro groups is 1. The first-order chi connectivity index (χ1) is 30.7. The Hall–Kier alpha value is -5.77. The normalized spacial score (nSPS) is 22.7. The van der Waals surface area contributed by atoms with Crippen LogP contribution >= 0.6 is 0 Å². The number of nitro benzene ring substituents is 1. The van der Waals surface area contributed by atoms with Gasteiger partial charge in [0.05, 0.1) is 23.2 Å². The maximum absolute atomic E-state index is 14.5. The summed E-state index contributed by atoms with van der Waals surface area (Å²) in [6.07, 6.45) is 7.64. The summed E-state index contributed by atoms with van der Waals surface area (Å²) in [7, 11) is 0. The number of allylic oxidation sites excluding steroid dienone is 1. The Morgan fingerprint density at radius 2 is 1.73 bits per heavy atom. The Balaban J connectivity index is 1.54. The highest BCUT2D eigenvalue weighted by atomic mass is 16.7. The van der Waals surface area contributed by atoms with Crippen LogP contribution in [0.1, 0.15) is 87.8 Å². The van der Waals surface area contributed by atoms with Crippen molar-refractivity contribution >= 4 is 23.6 Å². The number of carbonyl (C=O) groups is 2. The fraction of sp³-hybridized carbons (Fsp3) is 0.479. The molecule has 3 aromatic carbocycles. The number of rotatable bonds is 22. The second-order valence-corrected chi connectivity index (χ2v) is 16.1. The second-order valence-electron chi connectivity index (χ2n) is 16.1. The standard InChI is InChI=1S/C48H60N4O11/c1-4-24-51(47(56)59-31-33-14-8-7-9-15-33)43-30-41(50-61-32-34-18-20-36(21-19-34)52(57)58)39-28-35(16-10-12-25-53)38(17-11-13-26-54)44-40-29-37(62-46(55)49-6-3)22-23-42(40)63-48(43,45(39)44)60-27-5-2/h5,7-9,14-15,18-23,28-29,35,38,43-45,53-54H,2,4,6,10-13,16-17,24-27,30-32H2,1,3H3,(H,49,55)/t35-,38+,43-,44+,45+,48+/m0/s1. The molecule has 3 aromatic rings. The quantitative estimate of drug-likeness (QED) is 0.0379. The third-order valence-corrected chi connectivity index (χ3v) is 12.0. The van der Waals surface area contributed by atoms with Crippen molar-refractivity contribution in [2.75, 3.05) is 32.9 Å². The molecule has 15 heteroatoms. The number of benzene rings is 3. The molecule has 0 bridgehead atoms. The van der Waals surface area contributed by atoms with Gasteiger partial charge >= 0.3 is 12.2 Å². The van der Waals surface area contributed by atoms with E-state index in [9.17, 15) is 29.9 Å². The lowest BCUT2D eigenvalue weighted by Crippen LogP contribution is -2.70. The van der Waals surface area contributed by atoms with Crippen LogP contribution in [0.25, 0.3) is 0 Å². The van der Waals surface area contributed by atoms with Crippen molar-refractivity contribution in [3.05, 3.63) is 124 Å². The van der Waals surface area contributed by atoms with Crippen LogP contribution in [0.5, 0.6) is 11.5 Å². The van der Waals surface area contributed by atoms with Gasteiger partial charge in [-0.1, -0.05) is 67.4 Å². The van der Waals surface area contributed by atoms with E-state index in [0.717, 1.165) is 42.4 Å². The number of ether oxygens (including phenoxy) is 4. The highest BCUT2D eigenvalue weighted by molar-refractivity contribution is 6.03. The second kappa shape index (κ2) is 22.5. The highest BCUT2D eigenvalue weighted by Gasteiger charge is 2.65. The smallest absolute Gasteiger partial charge is 0.412 e. The molecule has 15 nitrogen and oxygen atoms in total. The van der Waals surface area contributed by atoms with Gasteiger partial charge in [-0.15, -0.1) is 6.58 Å². The average Bonchev–Trinajstić information content (AvgIpc) is 3.29. The molecule has 3 aliphatic rings. The van der Waals surface area contributed by atoms with Crippen LogP contribution in [-0.4, -0.2) is 82.7 Å². The van der Waals surface area contributed by atoms with Crippen molar-refractivity contribution in [1.29, 1.82) is 0 Å². The summed E-state index contributed by atoms with van der Waals surface area (Å²) < 4.78 is 26.1. The third-order valence-electron chi connectivity index (χ3n) is 12.0. The van der Waals surface area contributed by atoms with E-state index in [1.165, 1.54) is 12.1 Å². The molecule has 1 aliphatic heterocycles. The molecule has 1 fully saturated rings. The lowest BCUT2D eigenvalue weighted by molar-refractivity contribution is -0.384. The number of hydrogen-bond acceptors (Lipinski definition) is 12. The highest BCUT2D eigenvalue weighted by Crippen LogP contribution is 2.62. The van der Waals surface area contributed by atoms with Crippen molar-refractivity contribution in [2.24, 2.45) is 22.9 Å². The van der Waals surface area contributed by atoms with Crippen molar-refractivity contribution in [2.45, 2.75) is 96.2 Å². The number of fused-ring (bicyclic) bond motifs is 2. The Bertz CT molecular complexity index is 2080. The third kappa shape index (κ3) is 11.1. The molecule has 2 aliphatic carbocycles. The van der Waals surface area contributed by atoms with Crippen LogP contribution in [0.2, 0.25) is 0 Å². The molecule has 1 saturated carbocycles. The number of aliphatic hydroxyl groups excluding tert-OH is 2. The van der Waals surface area contributed by atoms with Gasteiger partial charge in [0.2, 0.25) is 5.79 Å². The molecule has 0 spiro atoms. The topological polar surface area (TPSA) is 192 Å². The van der Waals surface area contributed by atoms with Gasteiger partial charge in [-0.25, -0.2) is 9.59 Å². The zero-order valence-corrected chi connectivity index (χ0v) is 36.2. The summed E-state index contributed by atoms with van der Waals surface area (Å²) in [5, 5.41) is 38.7. The predicted molar refractivity (Wildman–Crippen MR) is 236 cm³/mol. The molecule has 338 valence electrons. The van der Waals surface area contributed by atoms with E-state index in [2.05, 4.69) is 18.0 Å². The number of hydrogen-bond donors (Lipinski definition) is 3. The van der Waals surface area contributed by atoms with Gasteiger partial charge in [0, 0.05) is 56.3 Å².